The number of hydrogen-bond acceptors (Lipinski definition) is 3. The second-order valence-corrected chi connectivity index (χ2v) is 5.53. The van der Waals surface area contributed by atoms with Gasteiger partial charge in [-0.05, 0) is 38.1 Å². The summed E-state index contributed by atoms with van der Waals surface area (Å²) in [5.41, 5.74) is 0.129. The van der Waals surface area contributed by atoms with Gasteiger partial charge in [0.1, 0.15) is 0 Å². The van der Waals surface area contributed by atoms with Gasteiger partial charge in [0.2, 0.25) is 0 Å². The van der Waals surface area contributed by atoms with E-state index in [1.165, 1.54) is 19.4 Å². The zero-order valence-corrected chi connectivity index (χ0v) is 11.4. The fourth-order valence-electron chi connectivity index (χ4n) is 2.97. The Hall–Kier alpha value is -0.120. The molecule has 0 aromatic carbocycles. The van der Waals surface area contributed by atoms with Crippen molar-refractivity contribution in [3.05, 3.63) is 0 Å². The van der Waals surface area contributed by atoms with Crippen molar-refractivity contribution in [1.29, 1.82) is 0 Å². The van der Waals surface area contributed by atoms with E-state index in [0.717, 1.165) is 51.7 Å². The molecule has 0 bridgehead atoms. The van der Waals surface area contributed by atoms with Crippen molar-refractivity contribution in [2.45, 2.75) is 45.1 Å². The molecule has 1 atom stereocenters. The summed E-state index contributed by atoms with van der Waals surface area (Å²) in [7, 11) is 0. The van der Waals surface area contributed by atoms with Gasteiger partial charge in [0.25, 0.3) is 0 Å². The van der Waals surface area contributed by atoms with Gasteiger partial charge in [-0.25, -0.2) is 0 Å². The lowest BCUT2D eigenvalue weighted by atomic mass is 9.94. The highest BCUT2D eigenvalue weighted by Gasteiger charge is 2.33. The molecule has 0 aromatic heterocycles. The minimum Gasteiger partial charge on any atom is -0.381 e. The minimum absolute atomic E-state index is 0.129. The summed E-state index contributed by atoms with van der Waals surface area (Å²) in [5.74, 6) is 0.801. The summed E-state index contributed by atoms with van der Waals surface area (Å²) >= 11 is 0. The summed E-state index contributed by atoms with van der Waals surface area (Å²) in [6, 6.07) is 0. The highest BCUT2D eigenvalue weighted by atomic mass is 16.5. The van der Waals surface area contributed by atoms with E-state index in [-0.39, 0.29) is 5.60 Å². The number of morpholine rings is 1. The van der Waals surface area contributed by atoms with E-state index < -0.39 is 0 Å². The van der Waals surface area contributed by atoms with Gasteiger partial charge >= 0.3 is 0 Å². The van der Waals surface area contributed by atoms with Crippen molar-refractivity contribution in [3.8, 4) is 0 Å². The van der Waals surface area contributed by atoms with E-state index in [9.17, 15) is 0 Å². The molecule has 0 aromatic rings. The topological polar surface area (TPSA) is 21.7 Å². The van der Waals surface area contributed by atoms with E-state index in [4.69, 9.17) is 9.47 Å². The van der Waals surface area contributed by atoms with Gasteiger partial charge in [0.05, 0.1) is 12.2 Å². The SMILES string of the molecule is CCC1(CC)CN(CCC2CCOC2)CCO1. The van der Waals surface area contributed by atoms with Gasteiger partial charge < -0.3 is 9.47 Å². The van der Waals surface area contributed by atoms with Crippen molar-refractivity contribution in [2.24, 2.45) is 5.92 Å². The third kappa shape index (κ3) is 3.43. The largest absolute Gasteiger partial charge is 0.381 e. The van der Waals surface area contributed by atoms with Crippen molar-refractivity contribution < 1.29 is 9.47 Å². The number of ether oxygens (including phenoxy) is 2. The monoisotopic (exact) mass is 241 g/mol. The molecule has 0 N–H and O–H groups in total. The minimum atomic E-state index is 0.129. The van der Waals surface area contributed by atoms with Gasteiger partial charge in [-0.3, -0.25) is 4.90 Å². The molecule has 2 saturated heterocycles. The van der Waals surface area contributed by atoms with Crippen LogP contribution in [0.3, 0.4) is 0 Å². The predicted octanol–water partition coefficient (Wildman–Crippen LogP) is 2.30. The average molecular weight is 241 g/mol. The van der Waals surface area contributed by atoms with E-state index in [2.05, 4.69) is 18.7 Å². The van der Waals surface area contributed by atoms with Crippen molar-refractivity contribution >= 4 is 0 Å². The first-order chi connectivity index (χ1) is 8.28. The molecular weight excluding hydrogens is 214 g/mol. The molecule has 2 fully saturated rings. The molecule has 0 amide bonds. The third-order valence-electron chi connectivity index (χ3n) is 4.49. The number of hydrogen-bond donors (Lipinski definition) is 0. The summed E-state index contributed by atoms with van der Waals surface area (Å²) in [4.78, 5) is 2.59. The van der Waals surface area contributed by atoms with Crippen LogP contribution in [0.5, 0.6) is 0 Å². The third-order valence-corrected chi connectivity index (χ3v) is 4.49. The van der Waals surface area contributed by atoms with Gasteiger partial charge in [-0.15, -0.1) is 0 Å². The van der Waals surface area contributed by atoms with Crippen LogP contribution in [-0.4, -0.2) is 50.0 Å². The molecule has 1 unspecified atom stereocenters. The molecule has 2 rings (SSSR count). The Bertz CT molecular complexity index is 222. The lowest BCUT2D eigenvalue weighted by Crippen LogP contribution is -2.51. The Morgan fingerprint density at radius 1 is 1.24 bits per heavy atom. The van der Waals surface area contributed by atoms with Gasteiger partial charge in [0, 0.05) is 26.3 Å². The van der Waals surface area contributed by atoms with Crippen LogP contribution in [0, 0.1) is 5.92 Å². The fourth-order valence-corrected chi connectivity index (χ4v) is 2.97. The molecule has 0 radical (unpaired) electrons. The molecule has 3 nitrogen and oxygen atoms in total. The predicted molar refractivity (Wildman–Crippen MR) is 69.2 cm³/mol. The lowest BCUT2D eigenvalue weighted by Gasteiger charge is -2.42. The van der Waals surface area contributed by atoms with Crippen molar-refractivity contribution in [3.63, 3.8) is 0 Å². The quantitative estimate of drug-likeness (QED) is 0.737. The standard InChI is InChI=1S/C14H27NO2/c1-3-14(4-2)12-15(8-10-17-14)7-5-13-6-9-16-11-13/h13H,3-12H2,1-2H3. The van der Waals surface area contributed by atoms with Crippen LogP contribution in [-0.2, 0) is 9.47 Å². The molecule has 2 aliphatic heterocycles. The number of rotatable bonds is 5. The van der Waals surface area contributed by atoms with Crippen LogP contribution in [0.1, 0.15) is 39.5 Å². The first-order valence-electron chi connectivity index (χ1n) is 7.22. The Morgan fingerprint density at radius 3 is 2.71 bits per heavy atom. The second-order valence-electron chi connectivity index (χ2n) is 5.53. The highest BCUT2D eigenvalue weighted by Crippen LogP contribution is 2.26. The zero-order chi connectivity index (χ0) is 12.1. The van der Waals surface area contributed by atoms with Crippen LogP contribution in [0.4, 0.5) is 0 Å². The first kappa shape index (κ1) is 13.3. The number of nitrogens with zero attached hydrogens (tertiary/aromatic N) is 1. The molecule has 2 heterocycles. The molecular formula is C14H27NO2. The van der Waals surface area contributed by atoms with Crippen LogP contribution in [0.25, 0.3) is 0 Å². The normalized spacial score (nSPS) is 29.6. The summed E-state index contributed by atoms with van der Waals surface area (Å²) < 4.78 is 11.4. The van der Waals surface area contributed by atoms with Crippen LogP contribution >= 0.6 is 0 Å². The molecule has 0 aliphatic carbocycles. The van der Waals surface area contributed by atoms with E-state index in [1.807, 2.05) is 0 Å². The van der Waals surface area contributed by atoms with E-state index in [0.29, 0.717) is 0 Å². The van der Waals surface area contributed by atoms with Crippen LogP contribution in [0.15, 0.2) is 0 Å². The molecule has 3 heteroatoms. The summed E-state index contributed by atoms with van der Waals surface area (Å²) in [5, 5.41) is 0. The fraction of sp³-hybridized carbons (Fsp3) is 1.00. The van der Waals surface area contributed by atoms with Crippen molar-refractivity contribution in [2.75, 3.05) is 39.5 Å². The van der Waals surface area contributed by atoms with Crippen LogP contribution in [0.2, 0.25) is 0 Å². The van der Waals surface area contributed by atoms with E-state index >= 15 is 0 Å². The van der Waals surface area contributed by atoms with Gasteiger partial charge in [0.15, 0.2) is 0 Å². The highest BCUT2D eigenvalue weighted by molar-refractivity contribution is 4.85. The molecule has 2 aliphatic rings. The molecule has 0 saturated carbocycles. The van der Waals surface area contributed by atoms with Crippen molar-refractivity contribution in [1.82, 2.24) is 4.90 Å². The van der Waals surface area contributed by atoms with Crippen LogP contribution < -0.4 is 0 Å². The Morgan fingerprint density at radius 2 is 2.06 bits per heavy atom. The molecule has 0 spiro atoms. The van der Waals surface area contributed by atoms with E-state index in [1.54, 1.807) is 0 Å². The second kappa shape index (κ2) is 6.17. The maximum absolute atomic E-state index is 6.00. The summed E-state index contributed by atoms with van der Waals surface area (Å²) in [6.45, 7) is 10.8. The Labute approximate surface area is 105 Å². The zero-order valence-electron chi connectivity index (χ0n) is 11.4. The Kier molecular flexibility index (Phi) is 4.83. The molecule has 17 heavy (non-hydrogen) atoms. The Balaban J connectivity index is 1.76. The maximum atomic E-state index is 6.00. The smallest absolute Gasteiger partial charge is 0.0804 e. The van der Waals surface area contributed by atoms with Gasteiger partial charge in [-0.2, -0.15) is 0 Å². The molecule has 100 valence electrons. The van der Waals surface area contributed by atoms with Gasteiger partial charge in [-0.1, -0.05) is 13.8 Å². The lowest BCUT2D eigenvalue weighted by molar-refractivity contribution is -0.113. The maximum Gasteiger partial charge on any atom is 0.0804 e. The average Bonchev–Trinajstić information content (AvgIpc) is 2.90. The first-order valence-corrected chi connectivity index (χ1v) is 7.22. The summed E-state index contributed by atoms with van der Waals surface area (Å²) in [6.07, 6.45) is 4.82.